The number of carbonyl (C=O) groups excluding carboxylic acids is 1. The van der Waals surface area contributed by atoms with E-state index >= 15 is 0 Å². The van der Waals surface area contributed by atoms with Crippen LogP contribution in [0.2, 0.25) is 0 Å². The molecule has 1 saturated carbocycles. The lowest BCUT2D eigenvalue weighted by atomic mass is 10.0. The molecule has 0 saturated heterocycles. The number of alkyl halides is 6. The van der Waals surface area contributed by atoms with Gasteiger partial charge in [-0.1, -0.05) is 12.8 Å². The molecule has 0 spiro atoms. The Kier molecular flexibility index (Phi) is 5.62. The monoisotopic (exact) mass is 372 g/mol. The van der Waals surface area contributed by atoms with Gasteiger partial charge in [-0.15, -0.1) is 0 Å². The molecule has 0 unspecified atom stereocenters. The van der Waals surface area contributed by atoms with Gasteiger partial charge in [0.1, 0.15) is 5.75 Å². The molecule has 0 aliphatic heterocycles. The number of ether oxygens (including phenoxy) is 1. The zero-order valence-electron chi connectivity index (χ0n) is 11.6. The number of rotatable bonds is 5. The van der Waals surface area contributed by atoms with Crippen LogP contribution in [0, 0.1) is 5.92 Å². The van der Waals surface area contributed by atoms with Crippen LogP contribution in [0.3, 0.4) is 0 Å². The normalized spacial score (nSPS) is 18.2. The standard InChI is InChI=1S/C11H14F6O5S/c12-10(13,14)9(11(15,16)17,6-23(19,20)21)22-8(18)5-7-3-1-2-4-7/h7H,1-6H2,(H,19,20,21). The van der Waals surface area contributed by atoms with Crippen molar-refractivity contribution in [2.75, 3.05) is 5.75 Å². The quantitative estimate of drug-likeness (QED) is 0.456. The van der Waals surface area contributed by atoms with Crippen LogP contribution in [0.5, 0.6) is 0 Å². The third-order valence-electron chi connectivity index (χ3n) is 3.52. The lowest BCUT2D eigenvalue weighted by Crippen LogP contribution is -2.63. The zero-order chi connectivity index (χ0) is 18.1. The second-order valence-electron chi connectivity index (χ2n) is 5.38. The summed E-state index contributed by atoms with van der Waals surface area (Å²) in [6.07, 6.45) is -10.9. The van der Waals surface area contributed by atoms with E-state index in [1.54, 1.807) is 0 Å². The van der Waals surface area contributed by atoms with Crippen molar-refractivity contribution in [2.24, 2.45) is 5.92 Å². The zero-order valence-corrected chi connectivity index (χ0v) is 12.4. The van der Waals surface area contributed by atoms with E-state index in [1.807, 2.05) is 0 Å². The van der Waals surface area contributed by atoms with E-state index in [4.69, 9.17) is 4.55 Å². The van der Waals surface area contributed by atoms with E-state index in [9.17, 15) is 39.6 Å². The summed E-state index contributed by atoms with van der Waals surface area (Å²) in [7, 11) is -5.74. The first kappa shape index (κ1) is 20.0. The van der Waals surface area contributed by atoms with Crippen molar-refractivity contribution in [3.63, 3.8) is 0 Å². The molecule has 0 aromatic carbocycles. The maximum absolute atomic E-state index is 12.9. The molecule has 1 N–H and O–H groups in total. The third kappa shape index (κ3) is 4.96. The van der Waals surface area contributed by atoms with Crippen LogP contribution in [-0.2, 0) is 19.6 Å². The SMILES string of the molecule is O=C(CC1CCCC1)OC(CS(=O)(=O)O)(C(F)(F)F)C(F)(F)F. The van der Waals surface area contributed by atoms with Gasteiger partial charge in [0.05, 0.1) is 0 Å². The molecule has 1 aliphatic carbocycles. The number of esters is 1. The lowest BCUT2D eigenvalue weighted by molar-refractivity contribution is -0.361. The molecule has 23 heavy (non-hydrogen) atoms. The summed E-state index contributed by atoms with van der Waals surface area (Å²) in [6.45, 7) is 0. The van der Waals surface area contributed by atoms with E-state index in [1.165, 1.54) is 0 Å². The van der Waals surface area contributed by atoms with Crippen LogP contribution in [0.1, 0.15) is 32.1 Å². The molecule has 0 bridgehead atoms. The number of carbonyl (C=O) groups is 1. The fraction of sp³-hybridized carbons (Fsp3) is 0.909. The average molecular weight is 372 g/mol. The summed E-state index contributed by atoms with van der Waals surface area (Å²) in [5.74, 6) is -5.06. The van der Waals surface area contributed by atoms with Crippen LogP contribution < -0.4 is 0 Å². The first-order valence-corrected chi connectivity index (χ1v) is 8.09. The maximum atomic E-state index is 12.9. The van der Waals surface area contributed by atoms with E-state index in [-0.39, 0.29) is 0 Å². The molecule has 0 atom stereocenters. The first-order chi connectivity index (χ1) is 10.2. The minimum absolute atomic E-state index is 0.410. The van der Waals surface area contributed by atoms with Crippen molar-refractivity contribution in [1.82, 2.24) is 0 Å². The van der Waals surface area contributed by atoms with Gasteiger partial charge in [0, 0.05) is 6.42 Å². The lowest BCUT2D eigenvalue weighted by Gasteiger charge is -2.35. The second kappa shape index (κ2) is 6.46. The average Bonchev–Trinajstić information content (AvgIpc) is 2.75. The Labute approximate surface area is 127 Å². The predicted octanol–water partition coefficient (Wildman–Crippen LogP) is 2.86. The molecular formula is C11H14F6O5S. The van der Waals surface area contributed by atoms with Gasteiger partial charge in [-0.25, -0.2) is 0 Å². The summed E-state index contributed by atoms with van der Waals surface area (Å²) < 4.78 is 111. The van der Waals surface area contributed by atoms with Gasteiger partial charge in [0.15, 0.2) is 0 Å². The second-order valence-corrected chi connectivity index (χ2v) is 6.83. The summed E-state index contributed by atoms with van der Waals surface area (Å²) in [4.78, 5) is 11.5. The third-order valence-corrected chi connectivity index (χ3v) is 4.29. The maximum Gasteiger partial charge on any atom is 0.438 e. The van der Waals surface area contributed by atoms with E-state index < -0.39 is 52.1 Å². The van der Waals surface area contributed by atoms with E-state index in [0.29, 0.717) is 25.7 Å². The Hall–Kier alpha value is -1.04. The Morgan fingerprint density at radius 1 is 1.04 bits per heavy atom. The van der Waals surface area contributed by atoms with Crippen LogP contribution in [-0.4, -0.2) is 42.6 Å². The molecule has 5 nitrogen and oxygen atoms in total. The number of hydrogen-bond donors (Lipinski definition) is 1. The highest BCUT2D eigenvalue weighted by Gasteiger charge is 2.75. The topological polar surface area (TPSA) is 80.7 Å². The summed E-state index contributed by atoms with van der Waals surface area (Å²) >= 11 is 0. The molecule has 0 heterocycles. The minimum Gasteiger partial charge on any atom is -0.438 e. The summed E-state index contributed by atoms with van der Waals surface area (Å²) in [6, 6.07) is 0. The highest BCUT2D eigenvalue weighted by Crippen LogP contribution is 2.47. The van der Waals surface area contributed by atoms with Crippen LogP contribution in [0.4, 0.5) is 26.3 Å². The van der Waals surface area contributed by atoms with Crippen molar-refractivity contribution in [1.29, 1.82) is 0 Å². The van der Waals surface area contributed by atoms with Crippen molar-refractivity contribution < 1.29 is 48.8 Å². The molecule has 0 amide bonds. The summed E-state index contributed by atoms with van der Waals surface area (Å²) in [5.41, 5.74) is -5.30. The Morgan fingerprint density at radius 2 is 1.48 bits per heavy atom. The Bertz CT molecular complexity index is 518. The highest BCUT2D eigenvalue weighted by molar-refractivity contribution is 7.85. The fourth-order valence-electron chi connectivity index (χ4n) is 2.41. The van der Waals surface area contributed by atoms with Crippen molar-refractivity contribution in [3.05, 3.63) is 0 Å². The Morgan fingerprint density at radius 3 is 1.83 bits per heavy atom. The van der Waals surface area contributed by atoms with Crippen molar-refractivity contribution in [3.8, 4) is 0 Å². The van der Waals surface area contributed by atoms with Crippen LogP contribution in [0.15, 0.2) is 0 Å². The predicted molar refractivity (Wildman–Crippen MR) is 63.9 cm³/mol. The molecule has 12 heteroatoms. The molecule has 0 radical (unpaired) electrons. The molecule has 1 rings (SSSR count). The molecule has 136 valence electrons. The molecule has 1 fully saturated rings. The van der Waals surface area contributed by atoms with Gasteiger partial charge in [0.25, 0.3) is 10.1 Å². The van der Waals surface area contributed by atoms with Gasteiger partial charge >= 0.3 is 23.9 Å². The largest absolute Gasteiger partial charge is 0.438 e. The molecule has 1 aliphatic rings. The van der Waals surface area contributed by atoms with Gasteiger partial charge < -0.3 is 4.74 Å². The first-order valence-electron chi connectivity index (χ1n) is 6.48. The van der Waals surface area contributed by atoms with E-state index in [2.05, 4.69) is 4.74 Å². The van der Waals surface area contributed by atoms with Crippen LogP contribution in [0.25, 0.3) is 0 Å². The van der Waals surface area contributed by atoms with Gasteiger partial charge in [-0.3, -0.25) is 9.35 Å². The van der Waals surface area contributed by atoms with Gasteiger partial charge in [0.2, 0.25) is 0 Å². The number of halogens is 6. The molecule has 0 aromatic rings. The molecular weight excluding hydrogens is 358 g/mol. The smallest absolute Gasteiger partial charge is 0.438 e. The van der Waals surface area contributed by atoms with E-state index in [0.717, 1.165) is 0 Å². The highest BCUT2D eigenvalue weighted by atomic mass is 32.2. The van der Waals surface area contributed by atoms with Crippen molar-refractivity contribution >= 4 is 16.1 Å². The number of hydrogen-bond acceptors (Lipinski definition) is 4. The molecule has 0 aromatic heterocycles. The van der Waals surface area contributed by atoms with Crippen molar-refractivity contribution in [2.45, 2.75) is 50.1 Å². The Balaban J connectivity index is 3.13. The van der Waals surface area contributed by atoms with Gasteiger partial charge in [-0.2, -0.15) is 34.8 Å². The van der Waals surface area contributed by atoms with Crippen LogP contribution >= 0.6 is 0 Å². The minimum atomic E-state index is -6.27. The fourth-order valence-corrected chi connectivity index (χ4v) is 3.31. The summed E-state index contributed by atoms with van der Waals surface area (Å²) in [5, 5.41) is 0. The van der Waals surface area contributed by atoms with Gasteiger partial charge in [-0.05, 0) is 18.8 Å².